The topological polar surface area (TPSA) is 131 Å². The van der Waals surface area contributed by atoms with E-state index in [2.05, 4.69) is 20.0 Å². The quantitative estimate of drug-likeness (QED) is 0.666. The number of hydrogen-bond acceptors (Lipinski definition) is 6. The lowest BCUT2D eigenvalue weighted by molar-refractivity contribution is 0.100. The van der Waals surface area contributed by atoms with Crippen molar-refractivity contribution in [3.63, 3.8) is 0 Å². The van der Waals surface area contributed by atoms with Crippen molar-refractivity contribution >= 4 is 28.8 Å². The van der Waals surface area contributed by atoms with Crippen LogP contribution in [0.5, 0.6) is 0 Å². The van der Waals surface area contributed by atoms with E-state index in [0.717, 1.165) is 11.3 Å². The molecule has 0 fully saturated rings. The van der Waals surface area contributed by atoms with Gasteiger partial charge >= 0.3 is 5.76 Å². The van der Waals surface area contributed by atoms with E-state index in [4.69, 9.17) is 5.73 Å². The van der Waals surface area contributed by atoms with Gasteiger partial charge in [-0.3, -0.25) is 19.1 Å². The Kier molecular flexibility index (Phi) is 3.77. The van der Waals surface area contributed by atoms with Crippen molar-refractivity contribution in [2.75, 3.05) is 5.32 Å². The van der Waals surface area contributed by atoms with Crippen molar-refractivity contribution in [3.8, 4) is 11.4 Å². The molecule has 2 aromatic heterocycles. The molecule has 0 saturated carbocycles. The minimum atomic E-state index is -0.660. The molecule has 0 aliphatic heterocycles. The molecule has 3 aromatic rings. The van der Waals surface area contributed by atoms with Crippen LogP contribution in [0.25, 0.3) is 11.4 Å². The Morgan fingerprint density at radius 2 is 2.13 bits per heavy atom. The van der Waals surface area contributed by atoms with Gasteiger partial charge < -0.3 is 11.1 Å². The zero-order chi connectivity index (χ0) is 16.4. The van der Waals surface area contributed by atoms with Crippen molar-refractivity contribution in [2.45, 2.75) is 0 Å². The number of hydrogen-bond donors (Lipinski definition) is 3. The maximum atomic E-state index is 12.2. The Labute approximate surface area is 132 Å². The van der Waals surface area contributed by atoms with E-state index in [-0.39, 0.29) is 17.3 Å². The fraction of sp³-hybridized carbons (Fsp3) is 0. The summed E-state index contributed by atoms with van der Waals surface area (Å²) in [5.41, 5.74) is 6.53. The average molecular weight is 330 g/mol. The Morgan fingerprint density at radius 3 is 2.78 bits per heavy atom. The van der Waals surface area contributed by atoms with Crippen molar-refractivity contribution in [1.82, 2.24) is 10.1 Å². The molecule has 0 radical (unpaired) electrons. The Bertz CT molecular complexity index is 940. The first kappa shape index (κ1) is 14.7. The van der Waals surface area contributed by atoms with Gasteiger partial charge in [-0.1, -0.05) is 17.3 Å². The monoisotopic (exact) mass is 330 g/mol. The van der Waals surface area contributed by atoms with Gasteiger partial charge in [-0.05, 0) is 18.2 Å². The lowest BCUT2D eigenvalue weighted by Gasteiger charge is -2.04. The van der Waals surface area contributed by atoms with E-state index < -0.39 is 11.7 Å². The van der Waals surface area contributed by atoms with Gasteiger partial charge in [0.15, 0.2) is 5.82 Å². The van der Waals surface area contributed by atoms with Crippen LogP contribution in [0.15, 0.2) is 45.0 Å². The van der Waals surface area contributed by atoms with E-state index in [1.165, 1.54) is 11.4 Å². The van der Waals surface area contributed by atoms with E-state index in [0.29, 0.717) is 16.1 Å². The first-order valence-corrected chi connectivity index (χ1v) is 7.27. The number of H-pyrrole nitrogens is 1. The predicted octanol–water partition coefficient (Wildman–Crippen LogP) is 1.44. The third-order valence-electron chi connectivity index (χ3n) is 2.94. The number of rotatable bonds is 4. The predicted molar refractivity (Wildman–Crippen MR) is 83.3 cm³/mol. The Balaban J connectivity index is 1.81. The van der Waals surface area contributed by atoms with Crippen LogP contribution >= 0.6 is 11.3 Å². The molecular formula is C14H10N4O4S. The summed E-state index contributed by atoms with van der Waals surface area (Å²) in [7, 11) is 0. The van der Waals surface area contributed by atoms with Gasteiger partial charge in [-0.15, -0.1) is 11.3 Å². The lowest BCUT2D eigenvalue weighted by Crippen LogP contribution is -2.12. The van der Waals surface area contributed by atoms with Crippen molar-refractivity contribution < 1.29 is 14.1 Å². The molecule has 1 aromatic carbocycles. The highest BCUT2D eigenvalue weighted by Crippen LogP contribution is 2.20. The molecule has 2 heterocycles. The first-order valence-electron chi connectivity index (χ1n) is 6.39. The lowest BCUT2D eigenvalue weighted by atomic mass is 10.2. The van der Waals surface area contributed by atoms with Crippen LogP contribution < -0.4 is 16.8 Å². The molecule has 0 aliphatic carbocycles. The van der Waals surface area contributed by atoms with Crippen molar-refractivity contribution in [1.29, 1.82) is 0 Å². The van der Waals surface area contributed by atoms with Crippen LogP contribution in [0.2, 0.25) is 0 Å². The van der Waals surface area contributed by atoms with Crippen molar-refractivity contribution in [3.05, 3.63) is 56.7 Å². The maximum absolute atomic E-state index is 12.2. The summed E-state index contributed by atoms with van der Waals surface area (Å²) in [5.74, 6) is -1.35. The fourth-order valence-corrected chi connectivity index (χ4v) is 2.67. The number of aromatic nitrogens is 2. The summed E-state index contributed by atoms with van der Waals surface area (Å²) < 4.78 is 4.44. The SMILES string of the molecule is NC(=O)c1csc(C(=O)Nc2cccc(-c3noc(=O)[nH]3)c2)c1. The smallest absolute Gasteiger partial charge is 0.366 e. The van der Waals surface area contributed by atoms with E-state index in [1.54, 1.807) is 24.3 Å². The Morgan fingerprint density at radius 1 is 1.30 bits per heavy atom. The number of thiophene rings is 1. The van der Waals surface area contributed by atoms with Gasteiger partial charge in [0, 0.05) is 16.6 Å². The summed E-state index contributed by atoms with van der Waals surface area (Å²) in [6.07, 6.45) is 0. The molecule has 0 aliphatic rings. The number of nitrogens with one attached hydrogen (secondary N) is 2. The third-order valence-corrected chi connectivity index (χ3v) is 3.87. The van der Waals surface area contributed by atoms with Crippen LogP contribution in [0, 0.1) is 0 Å². The molecule has 0 saturated heterocycles. The number of nitrogens with two attached hydrogens (primary N) is 1. The summed E-state index contributed by atoms with van der Waals surface area (Å²) in [6.45, 7) is 0. The van der Waals surface area contributed by atoms with Crippen LogP contribution in [-0.4, -0.2) is 22.0 Å². The summed E-state index contributed by atoms with van der Waals surface area (Å²) in [4.78, 5) is 37.0. The van der Waals surface area contributed by atoms with E-state index >= 15 is 0 Å². The normalized spacial score (nSPS) is 10.4. The molecule has 0 atom stereocenters. The fourth-order valence-electron chi connectivity index (χ4n) is 1.88. The molecular weight excluding hydrogens is 320 g/mol. The largest absolute Gasteiger partial charge is 0.439 e. The highest BCUT2D eigenvalue weighted by atomic mass is 32.1. The molecule has 0 unspecified atom stereocenters. The van der Waals surface area contributed by atoms with E-state index in [1.807, 2.05) is 0 Å². The molecule has 0 spiro atoms. The average Bonchev–Trinajstić information content (AvgIpc) is 3.16. The van der Waals surface area contributed by atoms with Crippen LogP contribution in [0.4, 0.5) is 5.69 Å². The first-order chi connectivity index (χ1) is 11.0. The van der Waals surface area contributed by atoms with Gasteiger partial charge in [0.1, 0.15) is 0 Å². The highest BCUT2D eigenvalue weighted by Gasteiger charge is 2.12. The molecule has 116 valence electrons. The minimum Gasteiger partial charge on any atom is -0.366 e. The maximum Gasteiger partial charge on any atom is 0.439 e. The number of anilines is 1. The minimum absolute atomic E-state index is 0.262. The van der Waals surface area contributed by atoms with Gasteiger partial charge in [0.2, 0.25) is 5.91 Å². The third kappa shape index (κ3) is 3.19. The zero-order valence-electron chi connectivity index (χ0n) is 11.5. The highest BCUT2D eigenvalue weighted by molar-refractivity contribution is 7.12. The second-order valence-corrected chi connectivity index (χ2v) is 5.45. The number of primary amides is 1. The van der Waals surface area contributed by atoms with Crippen LogP contribution in [-0.2, 0) is 0 Å². The van der Waals surface area contributed by atoms with Gasteiger partial charge in [-0.25, -0.2) is 4.79 Å². The summed E-state index contributed by atoms with van der Waals surface area (Å²) in [5, 5.41) is 7.80. The second-order valence-electron chi connectivity index (χ2n) is 4.54. The Hall–Kier alpha value is -3.20. The van der Waals surface area contributed by atoms with Crippen LogP contribution in [0.1, 0.15) is 20.0 Å². The number of amides is 2. The number of aromatic amines is 1. The standard InChI is InChI=1S/C14H10N4O4S/c15-11(19)8-5-10(23-6-8)13(20)16-9-3-1-2-7(4-9)12-17-14(21)22-18-12/h1-6H,(H2,15,19)(H,16,20)(H,17,18,21). The molecule has 4 N–H and O–H groups in total. The molecule has 0 bridgehead atoms. The number of benzene rings is 1. The number of nitrogens with zero attached hydrogens (tertiary/aromatic N) is 1. The number of carbonyl (C=O) groups excluding carboxylic acids is 2. The van der Waals surface area contributed by atoms with Gasteiger partial charge in [0.25, 0.3) is 5.91 Å². The van der Waals surface area contributed by atoms with Crippen molar-refractivity contribution in [2.24, 2.45) is 5.73 Å². The molecule has 2 amide bonds. The summed E-state index contributed by atoms with van der Waals surface area (Å²) >= 11 is 1.12. The second kappa shape index (κ2) is 5.89. The number of carbonyl (C=O) groups is 2. The van der Waals surface area contributed by atoms with Gasteiger partial charge in [0.05, 0.1) is 10.4 Å². The summed E-state index contributed by atoms with van der Waals surface area (Å²) in [6, 6.07) is 8.15. The molecule has 8 nitrogen and oxygen atoms in total. The molecule has 3 rings (SSSR count). The van der Waals surface area contributed by atoms with Crippen LogP contribution in [0.3, 0.4) is 0 Å². The zero-order valence-corrected chi connectivity index (χ0v) is 12.3. The molecule has 9 heteroatoms. The van der Waals surface area contributed by atoms with E-state index in [9.17, 15) is 14.4 Å². The molecule has 23 heavy (non-hydrogen) atoms. The van der Waals surface area contributed by atoms with Gasteiger partial charge in [-0.2, -0.15) is 0 Å².